The number of hydrogen-bond acceptors (Lipinski definition) is 1. The fraction of sp³-hybridized carbons (Fsp3) is 0.154. The Kier molecular flexibility index (Phi) is 4.99. The van der Waals surface area contributed by atoms with E-state index in [1.165, 1.54) is 11.6 Å². The summed E-state index contributed by atoms with van der Waals surface area (Å²) in [6.45, 7) is 6.10. The van der Waals surface area contributed by atoms with Gasteiger partial charge in [0.05, 0.1) is 0 Å². The van der Waals surface area contributed by atoms with Crippen LogP contribution in [0.3, 0.4) is 0 Å². The van der Waals surface area contributed by atoms with Gasteiger partial charge < -0.3 is 5.32 Å². The summed E-state index contributed by atoms with van der Waals surface area (Å²) < 4.78 is 0.754. The standard InChI is InChI=1S/C13H14BrNO/c1-10-4-3-5-12(8-10)6-7-13(16)15-9-11(2)14/h3-8H,2,9H2,1H3,(H,15,16)/b7-6+. The van der Waals surface area contributed by atoms with E-state index in [0.29, 0.717) is 6.54 Å². The van der Waals surface area contributed by atoms with E-state index >= 15 is 0 Å². The molecule has 0 heterocycles. The van der Waals surface area contributed by atoms with Crippen molar-refractivity contribution in [1.29, 1.82) is 0 Å². The summed E-state index contributed by atoms with van der Waals surface area (Å²) in [6.07, 6.45) is 3.31. The molecule has 0 atom stereocenters. The average molecular weight is 280 g/mol. The molecule has 0 saturated carbocycles. The summed E-state index contributed by atoms with van der Waals surface area (Å²) in [6, 6.07) is 7.97. The minimum absolute atomic E-state index is 0.123. The fourth-order valence-electron chi connectivity index (χ4n) is 1.19. The monoisotopic (exact) mass is 279 g/mol. The molecular weight excluding hydrogens is 266 g/mol. The average Bonchev–Trinajstić information content (AvgIpc) is 2.23. The smallest absolute Gasteiger partial charge is 0.244 e. The number of carbonyl (C=O) groups excluding carboxylic acids is 1. The Morgan fingerprint density at radius 3 is 2.94 bits per heavy atom. The molecular formula is C13H14BrNO. The van der Waals surface area contributed by atoms with E-state index in [-0.39, 0.29) is 5.91 Å². The van der Waals surface area contributed by atoms with Crippen LogP contribution in [-0.4, -0.2) is 12.5 Å². The van der Waals surface area contributed by atoms with Gasteiger partial charge >= 0.3 is 0 Å². The lowest BCUT2D eigenvalue weighted by Crippen LogP contribution is -2.21. The van der Waals surface area contributed by atoms with Gasteiger partial charge in [0.1, 0.15) is 0 Å². The normalized spacial score (nSPS) is 10.4. The second-order valence-corrected chi connectivity index (χ2v) is 4.60. The number of aryl methyl sites for hydroxylation is 1. The third kappa shape index (κ3) is 4.94. The predicted molar refractivity (Wildman–Crippen MR) is 71.3 cm³/mol. The highest BCUT2D eigenvalue weighted by molar-refractivity contribution is 9.11. The van der Waals surface area contributed by atoms with Crippen LogP contribution < -0.4 is 5.32 Å². The summed E-state index contributed by atoms with van der Waals surface area (Å²) in [5, 5.41) is 2.69. The van der Waals surface area contributed by atoms with Crippen LogP contribution in [0.5, 0.6) is 0 Å². The van der Waals surface area contributed by atoms with Gasteiger partial charge in [0, 0.05) is 17.1 Å². The molecule has 2 nitrogen and oxygen atoms in total. The summed E-state index contributed by atoms with van der Waals surface area (Å²) in [4.78, 5) is 11.3. The summed E-state index contributed by atoms with van der Waals surface area (Å²) in [7, 11) is 0. The first-order valence-electron chi connectivity index (χ1n) is 4.94. The molecule has 0 aliphatic heterocycles. The zero-order valence-electron chi connectivity index (χ0n) is 9.16. The predicted octanol–water partition coefficient (Wildman–Crippen LogP) is 3.03. The van der Waals surface area contributed by atoms with Gasteiger partial charge in [-0.15, -0.1) is 0 Å². The van der Waals surface area contributed by atoms with Gasteiger partial charge in [-0.05, 0) is 18.6 Å². The van der Waals surface area contributed by atoms with E-state index in [1.807, 2.05) is 31.2 Å². The molecule has 1 N–H and O–H groups in total. The molecule has 0 bridgehead atoms. The highest BCUT2D eigenvalue weighted by Crippen LogP contribution is 2.05. The number of halogens is 1. The molecule has 0 aromatic heterocycles. The van der Waals surface area contributed by atoms with Gasteiger partial charge in [-0.1, -0.05) is 52.3 Å². The molecule has 0 aliphatic rings. The van der Waals surface area contributed by atoms with E-state index in [4.69, 9.17) is 0 Å². The van der Waals surface area contributed by atoms with Gasteiger partial charge in [-0.2, -0.15) is 0 Å². The Bertz CT molecular complexity index is 424. The Balaban J connectivity index is 2.53. The van der Waals surface area contributed by atoms with Crippen LogP contribution in [0.25, 0.3) is 6.08 Å². The lowest BCUT2D eigenvalue weighted by atomic mass is 10.1. The van der Waals surface area contributed by atoms with Crippen molar-refractivity contribution in [3.05, 3.63) is 52.5 Å². The Labute approximate surface area is 104 Å². The number of nitrogens with one attached hydrogen (secondary N) is 1. The van der Waals surface area contributed by atoms with E-state index in [9.17, 15) is 4.79 Å². The first-order chi connectivity index (χ1) is 7.58. The van der Waals surface area contributed by atoms with Crippen molar-refractivity contribution < 1.29 is 4.79 Å². The lowest BCUT2D eigenvalue weighted by molar-refractivity contribution is -0.116. The maximum absolute atomic E-state index is 11.3. The first-order valence-corrected chi connectivity index (χ1v) is 5.73. The van der Waals surface area contributed by atoms with Crippen molar-refractivity contribution in [2.45, 2.75) is 6.92 Å². The Hall–Kier alpha value is -1.35. The molecule has 16 heavy (non-hydrogen) atoms. The molecule has 1 rings (SSSR count). The quantitative estimate of drug-likeness (QED) is 0.844. The highest BCUT2D eigenvalue weighted by atomic mass is 79.9. The van der Waals surface area contributed by atoms with Crippen LogP contribution in [-0.2, 0) is 4.79 Å². The van der Waals surface area contributed by atoms with Crippen LogP contribution in [0.1, 0.15) is 11.1 Å². The molecule has 0 aliphatic carbocycles. The maximum Gasteiger partial charge on any atom is 0.244 e. The van der Waals surface area contributed by atoms with Crippen molar-refractivity contribution in [1.82, 2.24) is 5.32 Å². The Morgan fingerprint density at radius 1 is 1.56 bits per heavy atom. The molecule has 1 amide bonds. The van der Waals surface area contributed by atoms with Gasteiger partial charge in [-0.25, -0.2) is 0 Å². The zero-order chi connectivity index (χ0) is 12.0. The zero-order valence-corrected chi connectivity index (χ0v) is 10.8. The molecule has 0 saturated heterocycles. The number of carbonyl (C=O) groups is 1. The van der Waals surface area contributed by atoms with Gasteiger partial charge in [0.2, 0.25) is 5.91 Å². The largest absolute Gasteiger partial charge is 0.348 e. The van der Waals surface area contributed by atoms with Crippen LogP contribution in [0.4, 0.5) is 0 Å². The summed E-state index contributed by atoms with van der Waals surface area (Å²) >= 11 is 3.18. The second-order valence-electron chi connectivity index (χ2n) is 3.48. The van der Waals surface area contributed by atoms with Crippen molar-refractivity contribution in [3.63, 3.8) is 0 Å². The molecule has 1 aromatic rings. The number of benzene rings is 1. The molecule has 84 valence electrons. The van der Waals surface area contributed by atoms with Crippen molar-refractivity contribution >= 4 is 27.9 Å². The molecule has 0 radical (unpaired) electrons. The van der Waals surface area contributed by atoms with Crippen LogP contribution in [0, 0.1) is 6.92 Å². The Morgan fingerprint density at radius 2 is 2.31 bits per heavy atom. The van der Waals surface area contributed by atoms with E-state index in [2.05, 4.69) is 27.8 Å². The first kappa shape index (κ1) is 12.7. The van der Waals surface area contributed by atoms with Gasteiger partial charge in [0.25, 0.3) is 0 Å². The van der Waals surface area contributed by atoms with Crippen LogP contribution in [0.2, 0.25) is 0 Å². The van der Waals surface area contributed by atoms with Crippen LogP contribution >= 0.6 is 15.9 Å². The van der Waals surface area contributed by atoms with Crippen LogP contribution in [0.15, 0.2) is 41.4 Å². The summed E-state index contributed by atoms with van der Waals surface area (Å²) in [5.41, 5.74) is 2.20. The molecule has 0 unspecified atom stereocenters. The number of hydrogen-bond donors (Lipinski definition) is 1. The molecule has 0 spiro atoms. The number of rotatable bonds is 4. The van der Waals surface area contributed by atoms with Crippen molar-refractivity contribution in [2.75, 3.05) is 6.54 Å². The van der Waals surface area contributed by atoms with Crippen molar-refractivity contribution in [3.8, 4) is 0 Å². The lowest BCUT2D eigenvalue weighted by Gasteiger charge is -1.99. The molecule has 0 fully saturated rings. The topological polar surface area (TPSA) is 29.1 Å². The third-order valence-corrected chi connectivity index (χ3v) is 2.20. The highest BCUT2D eigenvalue weighted by Gasteiger charge is 1.95. The second kappa shape index (κ2) is 6.28. The summed E-state index contributed by atoms with van der Waals surface area (Å²) in [5.74, 6) is -0.123. The van der Waals surface area contributed by atoms with E-state index in [1.54, 1.807) is 6.08 Å². The fourth-order valence-corrected chi connectivity index (χ4v) is 1.33. The SMILES string of the molecule is C=C(Br)CNC(=O)/C=C/c1cccc(C)c1. The van der Waals surface area contributed by atoms with E-state index in [0.717, 1.165) is 10.0 Å². The minimum atomic E-state index is -0.123. The number of amides is 1. The molecule has 3 heteroatoms. The van der Waals surface area contributed by atoms with Gasteiger partial charge in [0.15, 0.2) is 0 Å². The minimum Gasteiger partial charge on any atom is -0.348 e. The van der Waals surface area contributed by atoms with Gasteiger partial charge in [-0.3, -0.25) is 4.79 Å². The van der Waals surface area contributed by atoms with Crippen molar-refractivity contribution in [2.24, 2.45) is 0 Å². The maximum atomic E-state index is 11.3. The molecule has 1 aromatic carbocycles. The third-order valence-electron chi connectivity index (χ3n) is 1.92. The van der Waals surface area contributed by atoms with E-state index < -0.39 is 0 Å².